The number of benzene rings is 1. The topological polar surface area (TPSA) is 80.5 Å². The second-order valence-corrected chi connectivity index (χ2v) is 6.24. The molecule has 1 aliphatic rings. The molecule has 1 fully saturated rings. The third kappa shape index (κ3) is 3.10. The predicted octanol–water partition coefficient (Wildman–Crippen LogP) is 2.63. The molecule has 1 aliphatic heterocycles. The van der Waals surface area contributed by atoms with Crippen LogP contribution in [0.25, 0.3) is 0 Å². The van der Waals surface area contributed by atoms with Crippen molar-refractivity contribution in [1.29, 1.82) is 0 Å². The summed E-state index contributed by atoms with van der Waals surface area (Å²) in [6.45, 7) is 1.72. The Morgan fingerprint density at radius 2 is 2.25 bits per heavy atom. The first-order chi connectivity index (χ1) is 9.38. The van der Waals surface area contributed by atoms with E-state index in [9.17, 15) is 19.7 Å². The molecule has 0 aromatic heterocycles. The highest BCUT2D eigenvalue weighted by Crippen LogP contribution is 2.35. The SMILES string of the molecule is CC(=O)SC1CC(=O)N(c2ccc(Cl)cc2[N+](=O)[O-])C1. The Balaban J connectivity index is 2.30. The van der Waals surface area contributed by atoms with E-state index < -0.39 is 4.92 Å². The van der Waals surface area contributed by atoms with Gasteiger partial charge in [0.2, 0.25) is 5.91 Å². The zero-order valence-electron chi connectivity index (χ0n) is 10.5. The normalized spacial score (nSPS) is 18.4. The molecule has 1 amide bonds. The number of rotatable bonds is 3. The van der Waals surface area contributed by atoms with Crippen LogP contribution in [0.4, 0.5) is 11.4 Å². The average Bonchev–Trinajstić information content (AvgIpc) is 2.69. The number of amides is 1. The van der Waals surface area contributed by atoms with E-state index in [1.54, 1.807) is 0 Å². The summed E-state index contributed by atoms with van der Waals surface area (Å²) in [6.07, 6.45) is 0.198. The Labute approximate surface area is 124 Å². The molecular formula is C12H11ClN2O4S. The van der Waals surface area contributed by atoms with Crippen molar-refractivity contribution in [2.45, 2.75) is 18.6 Å². The van der Waals surface area contributed by atoms with Crippen molar-refractivity contribution in [3.05, 3.63) is 33.3 Å². The van der Waals surface area contributed by atoms with Crippen molar-refractivity contribution < 1.29 is 14.5 Å². The van der Waals surface area contributed by atoms with Gasteiger partial charge < -0.3 is 4.90 Å². The smallest absolute Gasteiger partial charge is 0.294 e. The van der Waals surface area contributed by atoms with E-state index in [4.69, 9.17) is 11.6 Å². The molecule has 1 aromatic carbocycles. The van der Waals surface area contributed by atoms with E-state index in [-0.39, 0.29) is 45.6 Å². The molecule has 1 unspecified atom stereocenters. The Kier molecular flexibility index (Phi) is 4.29. The zero-order valence-corrected chi connectivity index (χ0v) is 12.1. The number of anilines is 1. The molecule has 20 heavy (non-hydrogen) atoms. The number of halogens is 1. The van der Waals surface area contributed by atoms with Crippen LogP contribution in [-0.2, 0) is 9.59 Å². The summed E-state index contributed by atoms with van der Waals surface area (Å²) in [5.41, 5.74) is 0.00961. The van der Waals surface area contributed by atoms with E-state index >= 15 is 0 Å². The molecule has 0 radical (unpaired) electrons. The van der Waals surface area contributed by atoms with E-state index in [1.165, 1.54) is 30.0 Å². The number of nitro benzene ring substituents is 1. The highest BCUT2D eigenvalue weighted by molar-refractivity contribution is 8.14. The van der Waals surface area contributed by atoms with E-state index in [0.717, 1.165) is 11.8 Å². The zero-order chi connectivity index (χ0) is 14.9. The van der Waals surface area contributed by atoms with Crippen LogP contribution >= 0.6 is 23.4 Å². The molecule has 1 aromatic rings. The average molecular weight is 315 g/mol. The molecule has 2 rings (SSSR count). The maximum Gasteiger partial charge on any atom is 0.294 e. The van der Waals surface area contributed by atoms with Gasteiger partial charge in [0.1, 0.15) is 5.69 Å². The molecule has 0 saturated carbocycles. The van der Waals surface area contributed by atoms with Gasteiger partial charge in [-0.3, -0.25) is 19.7 Å². The summed E-state index contributed by atoms with van der Waals surface area (Å²) in [7, 11) is 0. The Morgan fingerprint density at radius 3 is 2.85 bits per heavy atom. The van der Waals surface area contributed by atoms with Crippen molar-refractivity contribution in [3.8, 4) is 0 Å². The van der Waals surface area contributed by atoms with Crippen LogP contribution in [0, 0.1) is 10.1 Å². The van der Waals surface area contributed by atoms with Gasteiger partial charge in [-0.2, -0.15) is 0 Å². The highest BCUT2D eigenvalue weighted by atomic mass is 35.5. The molecule has 6 nitrogen and oxygen atoms in total. The summed E-state index contributed by atoms with van der Waals surface area (Å²) in [6, 6.07) is 4.18. The molecule has 8 heteroatoms. The van der Waals surface area contributed by atoms with Crippen LogP contribution in [0.5, 0.6) is 0 Å². The summed E-state index contributed by atoms with van der Waals surface area (Å²) in [5.74, 6) is -0.228. The first-order valence-corrected chi connectivity index (χ1v) is 7.05. The second kappa shape index (κ2) is 5.80. The highest BCUT2D eigenvalue weighted by Gasteiger charge is 2.35. The van der Waals surface area contributed by atoms with Crippen LogP contribution in [-0.4, -0.2) is 27.7 Å². The van der Waals surface area contributed by atoms with E-state index in [1.807, 2.05) is 0 Å². The monoisotopic (exact) mass is 314 g/mol. The van der Waals surface area contributed by atoms with Crippen LogP contribution in [0.15, 0.2) is 18.2 Å². The second-order valence-electron chi connectivity index (χ2n) is 4.33. The summed E-state index contributed by atoms with van der Waals surface area (Å²) < 4.78 is 0. The third-order valence-corrected chi connectivity index (χ3v) is 4.06. The Hall–Kier alpha value is -1.60. The van der Waals surface area contributed by atoms with Crippen LogP contribution < -0.4 is 4.90 Å². The number of carbonyl (C=O) groups is 2. The lowest BCUT2D eigenvalue weighted by atomic mass is 10.2. The molecule has 0 bridgehead atoms. The van der Waals surface area contributed by atoms with Gasteiger partial charge in [0, 0.05) is 36.2 Å². The Morgan fingerprint density at radius 1 is 1.55 bits per heavy atom. The largest absolute Gasteiger partial charge is 0.305 e. The van der Waals surface area contributed by atoms with Gasteiger partial charge >= 0.3 is 0 Å². The maximum absolute atomic E-state index is 12.0. The maximum atomic E-state index is 12.0. The molecule has 106 valence electrons. The molecule has 1 heterocycles. The van der Waals surface area contributed by atoms with Crippen molar-refractivity contribution in [2.75, 3.05) is 11.4 Å². The van der Waals surface area contributed by atoms with Gasteiger partial charge in [-0.05, 0) is 12.1 Å². The fraction of sp³-hybridized carbons (Fsp3) is 0.333. The summed E-state index contributed by atoms with van der Waals surface area (Å²) >= 11 is 6.83. The number of thioether (sulfide) groups is 1. The molecule has 1 saturated heterocycles. The fourth-order valence-electron chi connectivity index (χ4n) is 2.09. The van der Waals surface area contributed by atoms with Crippen LogP contribution in [0.1, 0.15) is 13.3 Å². The minimum atomic E-state index is -0.570. The lowest BCUT2D eigenvalue weighted by Gasteiger charge is -2.16. The van der Waals surface area contributed by atoms with Crippen LogP contribution in [0.3, 0.4) is 0 Å². The van der Waals surface area contributed by atoms with Gasteiger partial charge in [0.05, 0.1) is 4.92 Å². The van der Waals surface area contributed by atoms with Gasteiger partial charge in [-0.15, -0.1) is 0 Å². The lowest BCUT2D eigenvalue weighted by Crippen LogP contribution is -2.25. The van der Waals surface area contributed by atoms with Crippen molar-refractivity contribution in [1.82, 2.24) is 0 Å². The summed E-state index contributed by atoms with van der Waals surface area (Å²) in [4.78, 5) is 34.9. The van der Waals surface area contributed by atoms with Crippen molar-refractivity contribution in [2.24, 2.45) is 0 Å². The first kappa shape index (κ1) is 14.8. The summed E-state index contributed by atoms with van der Waals surface area (Å²) in [5, 5.41) is 11.0. The minimum absolute atomic E-state index is 0.0738. The number of nitrogens with zero attached hydrogens (tertiary/aromatic N) is 2. The van der Waals surface area contributed by atoms with Gasteiger partial charge in [-0.25, -0.2) is 0 Å². The quantitative estimate of drug-likeness (QED) is 0.633. The molecule has 0 aliphatic carbocycles. The molecule has 0 spiro atoms. The van der Waals surface area contributed by atoms with Gasteiger partial charge in [0.25, 0.3) is 5.69 Å². The number of hydrogen-bond donors (Lipinski definition) is 0. The van der Waals surface area contributed by atoms with Gasteiger partial charge in [0.15, 0.2) is 5.12 Å². The third-order valence-electron chi connectivity index (χ3n) is 2.85. The molecule has 1 atom stereocenters. The van der Waals surface area contributed by atoms with E-state index in [2.05, 4.69) is 0 Å². The fourth-order valence-corrected chi connectivity index (χ4v) is 3.18. The molecular weight excluding hydrogens is 304 g/mol. The van der Waals surface area contributed by atoms with Gasteiger partial charge in [-0.1, -0.05) is 23.4 Å². The van der Waals surface area contributed by atoms with Crippen molar-refractivity contribution >= 4 is 45.8 Å². The Bertz CT molecular complexity index is 593. The minimum Gasteiger partial charge on any atom is -0.305 e. The number of carbonyl (C=O) groups excluding carboxylic acids is 2. The predicted molar refractivity (Wildman–Crippen MR) is 77.1 cm³/mol. The first-order valence-electron chi connectivity index (χ1n) is 5.80. The standard InChI is InChI=1S/C12H11ClN2O4S/c1-7(16)20-9-5-12(17)14(6-9)10-3-2-8(13)4-11(10)15(18)19/h2-4,9H,5-6H2,1H3. The van der Waals surface area contributed by atoms with Crippen molar-refractivity contribution in [3.63, 3.8) is 0 Å². The molecule has 0 N–H and O–H groups in total. The van der Waals surface area contributed by atoms with Crippen LogP contribution in [0.2, 0.25) is 5.02 Å². The number of hydrogen-bond acceptors (Lipinski definition) is 5. The lowest BCUT2D eigenvalue weighted by molar-refractivity contribution is -0.384. The number of nitro groups is 1. The van der Waals surface area contributed by atoms with E-state index in [0.29, 0.717) is 0 Å².